The first-order valence-corrected chi connectivity index (χ1v) is 7.44. The first-order chi connectivity index (χ1) is 9.52. The van der Waals surface area contributed by atoms with Crippen molar-refractivity contribution in [3.63, 3.8) is 0 Å². The molecule has 0 saturated heterocycles. The van der Waals surface area contributed by atoms with Crippen molar-refractivity contribution in [2.45, 2.75) is 17.6 Å². The largest absolute Gasteiger partial charge is 0.465 e. The van der Waals surface area contributed by atoms with Gasteiger partial charge in [0.15, 0.2) is 0 Å². The maximum atomic E-state index is 11.5. The number of rotatable bonds is 4. The summed E-state index contributed by atoms with van der Waals surface area (Å²) in [6.45, 7) is 1.71. The molecule has 0 aliphatic heterocycles. The van der Waals surface area contributed by atoms with Crippen molar-refractivity contribution in [2.24, 2.45) is 5.84 Å². The van der Waals surface area contributed by atoms with Crippen molar-refractivity contribution in [3.05, 3.63) is 51.4 Å². The molecule has 0 spiro atoms. The van der Waals surface area contributed by atoms with E-state index in [0.717, 1.165) is 4.90 Å². The fraction of sp³-hybridized carbons (Fsp3) is 0.154. The summed E-state index contributed by atoms with van der Waals surface area (Å²) >= 11 is 13.6. The van der Waals surface area contributed by atoms with Gasteiger partial charge in [-0.3, -0.25) is 10.2 Å². The molecule has 0 aliphatic carbocycles. The highest BCUT2D eigenvalue weighted by atomic mass is 35.5. The molecule has 0 aliphatic rings. The molecule has 3 N–H and O–H groups in total. The monoisotopic (exact) mass is 330 g/mol. The Hall–Kier alpha value is -1.14. The van der Waals surface area contributed by atoms with Gasteiger partial charge in [0.1, 0.15) is 11.5 Å². The van der Waals surface area contributed by atoms with Crippen LogP contribution < -0.4 is 11.3 Å². The SMILES string of the molecule is Cc1oc(CSc2c(Cl)cccc2Cl)cc1C(=O)NN. The number of hydrazine groups is 1. The van der Waals surface area contributed by atoms with Gasteiger partial charge in [0.25, 0.3) is 5.91 Å². The lowest BCUT2D eigenvalue weighted by Gasteiger charge is -2.04. The molecule has 1 aromatic carbocycles. The Bertz CT molecular complexity index is 623. The van der Waals surface area contributed by atoms with E-state index in [-0.39, 0.29) is 5.91 Å². The predicted octanol–water partition coefficient (Wildman–Crippen LogP) is 3.79. The zero-order valence-electron chi connectivity index (χ0n) is 10.6. The van der Waals surface area contributed by atoms with E-state index in [4.69, 9.17) is 33.5 Å². The number of nitrogens with one attached hydrogen (secondary N) is 1. The van der Waals surface area contributed by atoms with E-state index in [1.807, 2.05) is 0 Å². The van der Waals surface area contributed by atoms with Gasteiger partial charge in [-0.15, -0.1) is 11.8 Å². The second kappa shape index (κ2) is 6.54. The number of carbonyl (C=O) groups excluding carboxylic acids is 1. The molecule has 2 aromatic rings. The maximum Gasteiger partial charge on any atom is 0.268 e. The van der Waals surface area contributed by atoms with Crippen LogP contribution in [0.25, 0.3) is 0 Å². The van der Waals surface area contributed by atoms with Gasteiger partial charge < -0.3 is 4.42 Å². The molecule has 0 saturated carbocycles. The fourth-order valence-electron chi connectivity index (χ4n) is 1.68. The number of hydrogen-bond acceptors (Lipinski definition) is 4. The van der Waals surface area contributed by atoms with Crippen molar-refractivity contribution in [1.29, 1.82) is 0 Å². The third-order valence-electron chi connectivity index (χ3n) is 2.62. The molecule has 0 atom stereocenters. The molecule has 106 valence electrons. The Balaban J connectivity index is 2.14. The highest BCUT2D eigenvalue weighted by Gasteiger charge is 2.15. The summed E-state index contributed by atoms with van der Waals surface area (Å²) in [6, 6.07) is 7.00. The first-order valence-electron chi connectivity index (χ1n) is 5.70. The average molecular weight is 331 g/mol. The van der Waals surface area contributed by atoms with Crippen LogP contribution in [-0.4, -0.2) is 5.91 Å². The standard InChI is InChI=1S/C13H12Cl2N2O2S/c1-7-9(13(18)17-16)5-8(19-7)6-20-12-10(14)3-2-4-11(12)15/h2-5H,6,16H2,1H3,(H,17,18). The topological polar surface area (TPSA) is 68.3 Å². The summed E-state index contributed by atoms with van der Waals surface area (Å²) in [5.41, 5.74) is 2.50. The van der Waals surface area contributed by atoms with E-state index < -0.39 is 0 Å². The number of furan rings is 1. The summed E-state index contributed by atoms with van der Waals surface area (Å²) in [5.74, 6) is 6.42. The zero-order valence-corrected chi connectivity index (χ0v) is 12.9. The number of benzene rings is 1. The molecule has 2 rings (SSSR count). The molecule has 0 radical (unpaired) electrons. The van der Waals surface area contributed by atoms with E-state index in [2.05, 4.69) is 5.43 Å². The van der Waals surface area contributed by atoms with Crippen molar-refractivity contribution in [1.82, 2.24) is 5.43 Å². The first kappa shape index (κ1) is 15.3. The highest BCUT2D eigenvalue weighted by Crippen LogP contribution is 2.36. The minimum absolute atomic E-state index is 0.377. The predicted molar refractivity (Wildman–Crippen MR) is 81.1 cm³/mol. The Morgan fingerprint density at radius 1 is 1.40 bits per heavy atom. The number of nitrogen functional groups attached to an aromatic ring is 1. The number of carbonyl (C=O) groups is 1. The van der Waals surface area contributed by atoms with Gasteiger partial charge in [0.2, 0.25) is 0 Å². The van der Waals surface area contributed by atoms with Gasteiger partial charge in [-0.05, 0) is 25.1 Å². The number of nitrogens with two attached hydrogens (primary N) is 1. The number of halogens is 2. The molecule has 0 bridgehead atoms. The van der Waals surface area contributed by atoms with Crippen molar-refractivity contribution >= 4 is 40.9 Å². The molecule has 0 fully saturated rings. The fourth-order valence-corrected chi connectivity index (χ4v) is 3.25. The van der Waals surface area contributed by atoms with Crippen LogP contribution in [0, 0.1) is 6.92 Å². The maximum absolute atomic E-state index is 11.5. The van der Waals surface area contributed by atoms with E-state index in [1.165, 1.54) is 11.8 Å². The normalized spacial score (nSPS) is 10.6. The van der Waals surface area contributed by atoms with Crippen molar-refractivity contribution in [3.8, 4) is 0 Å². The summed E-state index contributed by atoms with van der Waals surface area (Å²) < 4.78 is 5.52. The van der Waals surface area contributed by atoms with Crippen LogP contribution >= 0.6 is 35.0 Å². The van der Waals surface area contributed by atoms with Crippen LogP contribution in [0.1, 0.15) is 21.9 Å². The summed E-state index contributed by atoms with van der Waals surface area (Å²) in [4.78, 5) is 12.3. The van der Waals surface area contributed by atoms with Crippen molar-refractivity contribution < 1.29 is 9.21 Å². The lowest BCUT2D eigenvalue weighted by molar-refractivity contribution is 0.0952. The average Bonchev–Trinajstić information content (AvgIpc) is 2.78. The molecule has 7 heteroatoms. The Labute approximate surface area is 130 Å². The van der Waals surface area contributed by atoms with Crippen LogP contribution in [0.5, 0.6) is 0 Å². The molecule has 20 heavy (non-hydrogen) atoms. The minimum Gasteiger partial charge on any atom is -0.465 e. The smallest absolute Gasteiger partial charge is 0.268 e. The zero-order chi connectivity index (χ0) is 14.7. The van der Waals surface area contributed by atoms with Crippen LogP contribution in [-0.2, 0) is 5.75 Å². The van der Waals surface area contributed by atoms with Crippen LogP contribution in [0.4, 0.5) is 0 Å². The molecular weight excluding hydrogens is 319 g/mol. The van der Waals surface area contributed by atoms with E-state index in [1.54, 1.807) is 31.2 Å². The molecule has 0 unspecified atom stereocenters. The Kier molecular flexibility index (Phi) is 4.99. The third kappa shape index (κ3) is 3.30. The van der Waals surface area contributed by atoms with E-state index in [0.29, 0.717) is 32.9 Å². The molecule has 1 heterocycles. The van der Waals surface area contributed by atoms with Gasteiger partial charge in [-0.1, -0.05) is 29.3 Å². The number of aryl methyl sites for hydroxylation is 1. The quantitative estimate of drug-likeness (QED) is 0.387. The van der Waals surface area contributed by atoms with Crippen molar-refractivity contribution in [2.75, 3.05) is 0 Å². The second-order valence-corrected chi connectivity index (χ2v) is 5.80. The van der Waals surface area contributed by atoms with Gasteiger partial charge in [-0.2, -0.15) is 0 Å². The number of amides is 1. The highest BCUT2D eigenvalue weighted by molar-refractivity contribution is 7.98. The second-order valence-electron chi connectivity index (χ2n) is 4.00. The lowest BCUT2D eigenvalue weighted by atomic mass is 10.2. The van der Waals surface area contributed by atoms with Gasteiger partial charge >= 0.3 is 0 Å². The van der Waals surface area contributed by atoms with E-state index >= 15 is 0 Å². The molecule has 4 nitrogen and oxygen atoms in total. The summed E-state index contributed by atoms with van der Waals surface area (Å²) in [5, 5.41) is 1.18. The number of hydrogen-bond donors (Lipinski definition) is 2. The van der Waals surface area contributed by atoms with Gasteiger partial charge in [-0.25, -0.2) is 5.84 Å². The lowest BCUT2D eigenvalue weighted by Crippen LogP contribution is -2.30. The van der Waals surface area contributed by atoms with Crippen LogP contribution in [0.3, 0.4) is 0 Å². The Morgan fingerprint density at radius 3 is 2.65 bits per heavy atom. The van der Waals surface area contributed by atoms with Gasteiger partial charge in [0.05, 0.1) is 21.4 Å². The Morgan fingerprint density at radius 2 is 2.05 bits per heavy atom. The van der Waals surface area contributed by atoms with Crippen LogP contribution in [0.15, 0.2) is 33.6 Å². The van der Waals surface area contributed by atoms with Crippen LogP contribution in [0.2, 0.25) is 10.0 Å². The molecule has 1 aromatic heterocycles. The van der Waals surface area contributed by atoms with Gasteiger partial charge in [0, 0.05) is 4.90 Å². The third-order valence-corrected chi connectivity index (χ3v) is 4.63. The van der Waals surface area contributed by atoms with E-state index in [9.17, 15) is 4.79 Å². The number of thioether (sulfide) groups is 1. The molecular formula is C13H12Cl2N2O2S. The molecule has 1 amide bonds. The summed E-state index contributed by atoms with van der Waals surface area (Å²) in [6.07, 6.45) is 0. The summed E-state index contributed by atoms with van der Waals surface area (Å²) in [7, 11) is 0. The minimum atomic E-state index is -0.377.